The predicted molar refractivity (Wildman–Crippen MR) is 62.5 cm³/mol. The molecule has 0 radical (unpaired) electrons. The van der Waals surface area contributed by atoms with Gasteiger partial charge in [-0.15, -0.1) is 0 Å². The zero-order chi connectivity index (χ0) is 12.6. The Morgan fingerprint density at radius 2 is 1.88 bits per heavy atom. The van der Waals surface area contributed by atoms with Crippen LogP contribution in [0.25, 0.3) is 0 Å². The number of amides is 2. The monoisotopic (exact) mass is 233 g/mol. The van der Waals surface area contributed by atoms with E-state index in [1.54, 1.807) is 32.2 Å². The average Bonchev–Trinajstić information content (AvgIpc) is 2.47. The summed E-state index contributed by atoms with van der Waals surface area (Å²) in [6, 6.07) is 3.34. The Bertz CT molecular complexity index is 453. The molecule has 2 heterocycles. The molecule has 2 amide bonds. The van der Waals surface area contributed by atoms with Gasteiger partial charge in [0.25, 0.3) is 0 Å². The highest BCUT2D eigenvalue weighted by Crippen LogP contribution is 2.26. The molecule has 2 rings (SSSR count). The molecule has 0 aromatic carbocycles. The van der Waals surface area contributed by atoms with Crippen LogP contribution in [0.15, 0.2) is 18.3 Å². The molecule has 5 nitrogen and oxygen atoms in total. The van der Waals surface area contributed by atoms with Gasteiger partial charge in [-0.1, -0.05) is 13.8 Å². The second kappa shape index (κ2) is 4.16. The molecular formula is C12H15N3O2. The van der Waals surface area contributed by atoms with E-state index in [0.29, 0.717) is 11.4 Å². The lowest BCUT2D eigenvalue weighted by Crippen LogP contribution is -2.30. The maximum atomic E-state index is 11.9. The van der Waals surface area contributed by atoms with Gasteiger partial charge in [0.05, 0.1) is 12.2 Å². The summed E-state index contributed by atoms with van der Waals surface area (Å²) in [5.41, 5.74) is 6.84. The van der Waals surface area contributed by atoms with Gasteiger partial charge >= 0.3 is 0 Å². The third-order valence-electron chi connectivity index (χ3n) is 3.22. The first kappa shape index (κ1) is 11.6. The molecule has 0 aliphatic carbocycles. The molecule has 90 valence electrons. The smallest absolute Gasteiger partial charge is 0.233 e. The van der Waals surface area contributed by atoms with Crippen LogP contribution >= 0.6 is 0 Å². The minimum absolute atomic E-state index is 0.133. The van der Waals surface area contributed by atoms with E-state index in [4.69, 9.17) is 5.73 Å². The molecule has 1 saturated heterocycles. The highest BCUT2D eigenvalue weighted by atomic mass is 16.2. The number of carbonyl (C=O) groups is 2. The van der Waals surface area contributed by atoms with Crippen LogP contribution in [0.5, 0.6) is 0 Å². The molecule has 1 fully saturated rings. The first-order chi connectivity index (χ1) is 8.00. The Balaban J connectivity index is 2.20. The fraction of sp³-hybridized carbons (Fsp3) is 0.417. The number of likely N-dealkylation sites (tertiary alicyclic amines) is 1. The van der Waals surface area contributed by atoms with Crippen LogP contribution in [-0.2, 0) is 16.1 Å². The van der Waals surface area contributed by atoms with Crippen molar-refractivity contribution in [3.05, 3.63) is 24.0 Å². The minimum Gasteiger partial charge on any atom is -0.399 e. The lowest BCUT2D eigenvalue weighted by atomic mass is 10.00. The predicted octanol–water partition coefficient (Wildman–Crippen LogP) is 0.805. The summed E-state index contributed by atoms with van der Waals surface area (Å²) in [4.78, 5) is 29.1. The van der Waals surface area contributed by atoms with Crippen molar-refractivity contribution in [3.63, 3.8) is 0 Å². The van der Waals surface area contributed by atoms with Gasteiger partial charge in [0, 0.05) is 23.7 Å². The molecular weight excluding hydrogens is 218 g/mol. The topological polar surface area (TPSA) is 76.3 Å². The number of nitrogen functional groups attached to an aromatic ring is 1. The summed E-state index contributed by atoms with van der Waals surface area (Å²) in [6.07, 6.45) is 1.57. The van der Waals surface area contributed by atoms with E-state index in [1.807, 2.05) is 0 Å². The van der Waals surface area contributed by atoms with E-state index in [-0.39, 0.29) is 30.2 Å². The summed E-state index contributed by atoms with van der Waals surface area (Å²) in [5.74, 6) is -0.759. The zero-order valence-corrected chi connectivity index (χ0v) is 9.88. The van der Waals surface area contributed by atoms with Crippen molar-refractivity contribution >= 4 is 17.5 Å². The van der Waals surface area contributed by atoms with Crippen molar-refractivity contribution in [1.29, 1.82) is 0 Å². The molecule has 2 N–H and O–H groups in total. The summed E-state index contributed by atoms with van der Waals surface area (Å²) < 4.78 is 0. The van der Waals surface area contributed by atoms with Crippen molar-refractivity contribution in [2.45, 2.75) is 20.4 Å². The highest BCUT2D eigenvalue weighted by molar-refractivity contribution is 6.04. The van der Waals surface area contributed by atoms with Crippen molar-refractivity contribution < 1.29 is 9.59 Å². The summed E-state index contributed by atoms with van der Waals surface area (Å²) in [5, 5.41) is 0. The first-order valence-electron chi connectivity index (χ1n) is 5.56. The Morgan fingerprint density at radius 1 is 1.29 bits per heavy atom. The molecule has 5 heteroatoms. The van der Waals surface area contributed by atoms with Gasteiger partial charge in [0.1, 0.15) is 0 Å². The van der Waals surface area contributed by atoms with Crippen molar-refractivity contribution in [2.75, 3.05) is 5.73 Å². The summed E-state index contributed by atoms with van der Waals surface area (Å²) >= 11 is 0. The number of hydrogen-bond acceptors (Lipinski definition) is 4. The van der Waals surface area contributed by atoms with Crippen LogP contribution < -0.4 is 5.73 Å². The van der Waals surface area contributed by atoms with Crippen LogP contribution in [0.2, 0.25) is 0 Å². The van der Waals surface area contributed by atoms with Crippen molar-refractivity contribution in [2.24, 2.45) is 11.8 Å². The van der Waals surface area contributed by atoms with Gasteiger partial charge in [-0.05, 0) is 12.1 Å². The van der Waals surface area contributed by atoms with Crippen molar-refractivity contribution in [3.8, 4) is 0 Å². The molecule has 2 unspecified atom stereocenters. The Hall–Kier alpha value is -1.91. The Labute approximate surface area is 99.6 Å². The quantitative estimate of drug-likeness (QED) is 0.767. The number of pyridine rings is 1. The van der Waals surface area contributed by atoms with Crippen LogP contribution in [0, 0.1) is 11.8 Å². The summed E-state index contributed by atoms with van der Waals surface area (Å²) in [7, 11) is 0. The SMILES string of the molecule is CC1C(=O)N(Cc2cc(N)ccn2)C(=O)C1C. The van der Waals surface area contributed by atoms with Crippen LogP contribution in [0.3, 0.4) is 0 Å². The third kappa shape index (κ3) is 2.00. The van der Waals surface area contributed by atoms with E-state index in [9.17, 15) is 9.59 Å². The van der Waals surface area contributed by atoms with Gasteiger partial charge in [-0.3, -0.25) is 19.5 Å². The molecule has 1 aromatic heterocycles. The molecule has 0 spiro atoms. The molecule has 1 aliphatic heterocycles. The van der Waals surface area contributed by atoms with Gasteiger partial charge in [0.15, 0.2) is 0 Å². The Morgan fingerprint density at radius 3 is 2.41 bits per heavy atom. The second-order valence-electron chi connectivity index (χ2n) is 4.42. The normalized spacial score (nSPS) is 24.5. The number of aromatic nitrogens is 1. The molecule has 0 saturated carbocycles. The molecule has 0 bridgehead atoms. The number of imide groups is 1. The number of anilines is 1. The number of carbonyl (C=O) groups excluding carboxylic acids is 2. The fourth-order valence-electron chi connectivity index (χ4n) is 1.93. The van der Waals surface area contributed by atoms with Gasteiger partial charge in [0.2, 0.25) is 11.8 Å². The van der Waals surface area contributed by atoms with E-state index in [1.165, 1.54) is 4.90 Å². The van der Waals surface area contributed by atoms with Gasteiger partial charge in [-0.25, -0.2) is 0 Å². The largest absolute Gasteiger partial charge is 0.399 e. The van der Waals surface area contributed by atoms with E-state index >= 15 is 0 Å². The number of nitrogens with two attached hydrogens (primary N) is 1. The zero-order valence-electron chi connectivity index (χ0n) is 9.88. The van der Waals surface area contributed by atoms with E-state index < -0.39 is 0 Å². The van der Waals surface area contributed by atoms with Gasteiger partial charge in [-0.2, -0.15) is 0 Å². The molecule has 2 atom stereocenters. The Kier molecular flexibility index (Phi) is 2.83. The molecule has 1 aliphatic rings. The van der Waals surface area contributed by atoms with E-state index in [2.05, 4.69) is 4.98 Å². The van der Waals surface area contributed by atoms with Gasteiger partial charge < -0.3 is 5.73 Å². The second-order valence-corrected chi connectivity index (χ2v) is 4.42. The third-order valence-corrected chi connectivity index (χ3v) is 3.22. The molecule has 1 aromatic rings. The standard InChI is InChI=1S/C12H15N3O2/c1-7-8(2)12(17)15(11(7)16)6-10-5-9(13)3-4-14-10/h3-5,7-8H,6H2,1-2H3,(H2,13,14). The fourth-order valence-corrected chi connectivity index (χ4v) is 1.93. The lowest BCUT2D eigenvalue weighted by molar-refractivity contribution is -0.140. The van der Waals surface area contributed by atoms with E-state index in [0.717, 1.165) is 0 Å². The first-order valence-corrected chi connectivity index (χ1v) is 5.56. The van der Waals surface area contributed by atoms with Crippen molar-refractivity contribution in [1.82, 2.24) is 9.88 Å². The minimum atomic E-state index is -0.247. The highest BCUT2D eigenvalue weighted by Gasteiger charge is 2.42. The number of nitrogens with zero attached hydrogens (tertiary/aromatic N) is 2. The summed E-state index contributed by atoms with van der Waals surface area (Å²) in [6.45, 7) is 3.76. The molecule has 17 heavy (non-hydrogen) atoms. The van der Waals surface area contributed by atoms with Crippen LogP contribution in [-0.4, -0.2) is 21.7 Å². The maximum Gasteiger partial charge on any atom is 0.233 e. The van der Waals surface area contributed by atoms with Crippen LogP contribution in [0.1, 0.15) is 19.5 Å². The number of hydrogen-bond donors (Lipinski definition) is 1. The average molecular weight is 233 g/mol. The number of rotatable bonds is 2. The maximum absolute atomic E-state index is 11.9. The lowest BCUT2D eigenvalue weighted by Gasteiger charge is -2.13. The van der Waals surface area contributed by atoms with Crippen LogP contribution in [0.4, 0.5) is 5.69 Å².